The summed E-state index contributed by atoms with van der Waals surface area (Å²) in [5, 5.41) is 2.82. The molecule has 1 rings (SSSR count). The molecule has 0 saturated carbocycles. The van der Waals surface area contributed by atoms with Crippen molar-refractivity contribution in [2.45, 2.75) is 26.4 Å². The van der Waals surface area contributed by atoms with Crippen LogP contribution in [-0.2, 0) is 19.1 Å². The molecule has 0 aromatic carbocycles. The Balaban J connectivity index is 2.54. The van der Waals surface area contributed by atoms with Gasteiger partial charge in [-0.05, 0) is 44.5 Å². The molecule has 1 heterocycles. The number of nitrogens with one attached hydrogen (secondary N) is 1. The lowest BCUT2D eigenvalue weighted by atomic mass is 10.2. The van der Waals surface area contributed by atoms with Crippen LogP contribution in [0.15, 0.2) is 24.4 Å². The molecule has 21 heavy (non-hydrogen) atoms. The number of nitrogens with zero attached hydrogens (tertiary/aromatic N) is 1. The molecule has 114 valence electrons. The predicted molar refractivity (Wildman–Crippen MR) is 79.6 cm³/mol. The van der Waals surface area contributed by atoms with Gasteiger partial charge in [-0.3, -0.25) is 4.79 Å². The standard InChI is InChI=1S/C15H20N2O4/c1-15(2,3)21-13(18)8-6-11-5-7-12(16-9-11)17-10-14(19)20-4/h5-9H,10H2,1-4H3,(H,16,17)/b8-6+. The average molecular weight is 292 g/mol. The zero-order valence-electron chi connectivity index (χ0n) is 12.7. The van der Waals surface area contributed by atoms with E-state index in [0.29, 0.717) is 5.82 Å². The number of anilines is 1. The Bertz CT molecular complexity index is 515. The highest BCUT2D eigenvalue weighted by molar-refractivity contribution is 5.87. The van der Waals surface area contributed by atoms with Crippen LogP contribution in [0.4, 0.5) is 5.82 Å². The molecule has 0 amide bonds. The van der Waals surface area contributed by atoms with Crippen molar-refractivity contribution in [3.8, 4) is 0 Å². The van der Waals surface area contributed by atoms with E-state index in [1.807, 2.05) is 20.8 Å². The summed E-state index contributed by atoms with van der Waals surface area (Å²) in [5.74, 6) is -0.226. The third-order valence-electron chi connectivity index (χ3n) is 2.25. The van der Waals surface area contributed by atoms with Crippen molar-refractivity contribution in [3.63, 3.8) is 0 Å². The summed E-state index contributed by atoms with van der Waals surface area (Å²) in [7, 11) is 1.32. The normalized spacial score (nSPS) is 11.2. The fourth-order valence-electron chi connectivity index (χ4n) is 1.34. The maximum atomic E-state index is 11.5. The predicted octanol–water partition coefficient (Wildman–Crippen LogP) is 2.02. The number of pyridine rings is 1. The Hall–Kier alpha value is -2.37. The van der Waals surface area contributed by atoms with E-state index >= 15 is 0 Å². The van der Waals surface area contributed by atoms with Crippen molar-refractivity contribution < 1.29 is 19.1 Å². The van der Waals surface area contributed by atoms with Gasteiger partial charge in [0.25, 0.3) is 0 Å². The quantitative estimate of drug-likeness (QED) is 0.661. The van der Waals surface area contributed by atoms with E-state index in [4.69, 9.17) is 4.74 Å². The highest BCUT2D eigenvalue weighted by Gasteiger charge is 2.13. The second-order valence-corrected chi connectivity index (χ2v) is 5.27. The number of aromatic nitrogens is 1. The zero-order valence-corrected chi connectivity index (χ0v) is 12.7. The first-order valence-electron chi connectivity index (χ1n) is 6.48. The molecule has 0 aliphatic heterocycles. The van der Waals surface area contributed by atoms with Gasteiger partial charge in [0.15, 0.2) is 0 Å². The number of methoxy groups -OCH3 is 1. The van der Waals surface area contributed by atoms with E-state index in [2.05, 4.69) is 15.0 Å². The number of hydrogen-bond donors (Lipinski definition) is 1. The van der Waals surface area contributed by atoms with Crippen LogP contribution in [0.5, 0.6) is 0 Å². The van der Waals surface area contributed by atoms with E-state index in [0.717, 1.165) is 5.56 Å². The van der Waals surface area contributed by atoms with Crippen molar-refractivity contribution in [3.05, 3.63) is 30.0 Å². The minimum atomic E-state index is -0.513. The lowest BCUT2D eigenvalue weighted by Crippen LogP contribution is -2.22. The van der Waals surface area contributed by atoms with Crippen LogP contribution in [0, 0.1) is 0 Å². The monoisotopic (exact) mass is 292 g/mol. The first kappa shape index (κ1) is 16.7. The van der Waals surface area contributed by atoms with Gasteiger partial charge in [-0.2, -0.15) is 0 Å². The van der Waals surface area contributed by atoms with E-state index in [-0.39, 0.29) is 12.5 Å². The molecule has 0 unspecified atom stereocenters. The Morgan fingerprint density at radius 2 is 2.05 bits per heavy atom. The molecule has 0 radical (unpaired) electrons. The van der Waals surface area contributed by atoms with Crippen LogP contribution >= 0.6 is 0 Å². The molecule has 1 aromatic rings. The summed E-state index contributed by atoms with van der Waals surface area (Å²) >= 11 is 0. The Labute approximate surface area is 124 Å². The molecule has 0 aliphatic rings. The van der Waals surface area contributed by atoms with E-state index in [1.54, 1.807) is 24.4 Å². The van der Waals surface area contributed by atoms with Crippen molar-refractivity contribution >= 4 is 23.8 Å². The van der Waals surface area contributed by atoms with E-state index < -0.39 is 11.6 Å². The first-order chi connectivity index (χ1) is 9.80. The van der Waals surface area contributed by atoms with Gasteiger partial charge in [0.1, 0.15) is 18.0 Å². The third-order valence-corrected chi connectivity index (χ3v) is 2.25. The lowest BCUT2D eigenvalue weighted by molar-refractivity contribution is -0.148. The molecule has 0 aliphatic carbocycles. The second-order valence-electron chi connectivity index (χ2n) is 5.27. The maximum absolute atomic E-state index is 11.5. The van der Waals surface area contributed by atoms with Crippen molar-refractivity contribution in [2.75, 3.05) is 19.0 Å². The van der Waals surface area contributed by atoms with Gasteiger partial charge in [-0.25, -0.2) is 9.78 Å². The number of carbonyl (C=O) groups excluding carboxylic acids is 2. The number of esters is 2. The van der Waals surface area contributed by atoms with Crippen LogP contribution in [0.25, 0.3) is 6.08 Å². The van der Waals surface area contributed by atoms with Crippen LogP contribution in [0.1, 0.15) is 26.3 Å². The summed E-state index contributed by atoms with van der Waals surface area (Å²) in [6.45, 7) is 5.47. The number of carbonyl (C=O) groups is 2. The van der Waals surface area contributed by atoms with Crippen molar-refractivity contribution in [1.82, 2.24) is 4.98 Å². The molecule has 0 bridgehead atoms. The SMILES string of the molecule is COC(=O)CNc1ccc(/C=C/C(=O)OC(C)(C)C)cn1. The molecule has 0 fully saturated rings. The highest BCUT2D eigenvalue weighted by atomic mass is 16.6. The lowest BCUT2D eigenvalue weighted by Gasteiger charge is -2.17. The minimum Gasteiger partial charge on any atom is -0.468 e. The summed E-state index contributed by atoms with van der Waals surface area (Å²) in [6, 6.07) is 3.48. The van der Waals surface area contributed by atoms with Gasteiger partial charge in [-0.1, -0.05) is 0 Å². The fraction of sp³-hybridized carbons (Fsp3) is 0.400. The maximum Gasteiger partial charge on any atom is 0.331 e. The fourth-order valence-corrected chi connectivity index (χ4v) is 1.34. The van der Waals surface area contributed by atoms with Gasteiger partial charge in [-0.15, -0.1) is 0 Å². The van der Waals surface area contributed by atoms with Crippen molar-refractivity contribution in [1.29, 1.82) is 0 Å². The second kappa shape index (κ2) is 7.42. The molecule has 0 atom stereocenters. The summed E-state index contributed by atoms with van der Waals surface area (Å²) in [5.41, 5.74) is 0.242. The number of hydrogen-bond acceptors (Lipinski definition) is 6. The largest absolute Gasteiger partial charge is 0.468 e. The zero-order chi connectivity index (χ0) is 15.9. The number of ether oxygens (including phenoxy) is 2. The van der Waals surface area contributed by atoms with Crippen LogP contribution < -0.4 is 5.32 Å². The number of rotatable bonds is 5. The molecular formula is C15H20N2O4. The highest BCUT2D eigenvalue weighted by Crippen LogP contribution is 2.09. The Morgan fingerprint density at radius 3 is 2.57 bits per heavy atom. The van der Waals surface area contributed by atoms with Crippen LogP contribution in [0.3, 0.4) is 0 Å². The Kier molecular flexibility index (Phi) is 5.90. The molecule has 6 nitrogen and oxygen atoms in total. The first-order valence-corrected chi connectivity index (χ1v) is 6.48. The molecule has 0 spiro atoms. The summed E-state index contributed by atoms with van der Waals surface area (Å²) < 4.78 is 9.66. The minimum absolute atomic E-state index is 0.0522. The molecular weight excluding hydrogens is 272 g/mol. The smallest absolute Gasteiger partial charge is 0.331 e. The Morgan fingerprint density at radius 1 is 1.33 bits per heavy atom. The molecule has 1 aromatic heterocycles. The molecule has 0 saturated heterocycles. The van der Waals surface area contributed by atoms with E-state index in [9.17, 15) is 9.59 Å². The van der Waals surface area contributed by atoms with Gasteiger partial charge in [0.05, 0.1) is 7.11 Å². The molecule has 6 heteroatoms. The van der Waals surface area contributed by atoms with Crippen LogP contribution in [-0.4, -0.2) is 36.2 Å². The van der Waals surface area contributed by atoms with Gasteiger partial charge < -0.3 is 14.8 Å². The molecule has 1 N–H and O–H groups in total. The summed E-state index contributed by atoms with van der Waals surface area (Å²) in [4.78, 5) is 26.6. The van der Waals surface area contributed by atoms with Crippen LogP contribution in [0.2, 0.25) is 0 Å². The van der Waals surface area contributed by atoms with E-state index in [1.165, 1.54) is 13.2 Å². The van der Waals surface area contributed by atoms with Gasteiger partial charge in [0.2, 0.25) is 0 Å². The third kappa shape index (κ3) is 7.10. The summed E-state index contributed by atoms with van der Waals surface area (Å²) in [6.07, 6.45) is 4.55. The van der Waals surface area contributed by atoms with Crippen molar-refractivity contribution in [2.24, 2.45) is 0 Å². The van der Waals surface area contributed by atoms with Gasteiger partial charge >= 0.3 is 11.9 Å². The van der Waals surface area contributed by atoms with Gasteiger partial charge in [0, 0.05) is 12.3 Å². The average Bonchev–Trinajstić information content (AvgIpc) is 2.41. The topological polar surface area (TPSA) is 77.5 Å².